The normalized spacial score (nSPS) is 17.6. The van der Waals surface area contributed by atoms with Gasteiger partial charge in [0.1, 0.15) is 5.00 Å². The number of primary amides is 1. The van der Waals surface area contributed by atoms with Gasteiger partial charge in [0.25, 0.3) is 5.91 Å². The first-order chi connectivity index (χ1) is 9.92. The van der Waals surface area contributed by atoms with E-state index in [-0.39, 0.29) is 5.91 Å². The van der Waals surface area contributed by atoms with Gasteiger partial charge in [-0.25, -0.2) is 0 Å². The van der Waals surface area contributed by atoms with Gasteiger partial charge >= 0.3 is 0 Å². The van der Waals surface area contributed by atoms with Crippen LogP contribution >= 0.6 is 11.3 Å². The molecule has 4 nitrogen and oxygen atoms in total. The van der Waals surface area contributed by atoms with Crippen molar-refractivity contribution in [2.24, 2.45) is 17.6 Å². The highest BCUT2D eigenvalue weighted by atomic mass is 32.1. The number of hydrogen-bond donors (Lipinski definition) is 2. The van der Waals surface area contributed by atoms with Crippen molar-refractivity contribution >= 4 is 28.2 Å². The molecule has 0 saturated heterocycles. The molecule has 0 saturated carbocycles. The summed E-state index contributed by atoms with van der Waals surface area (Å²) in [4.78, 5) is 25.0. The van der Waals surface area contributed by atoms with Crippen LogP contribution in [0.3, 0.4) is 0 Å². The van der Waals surface area contributed by atoms with Gasteiger partial charge in [-0.15, -0.1) is 11.3 Å². The fourth-order valence-electron chi connectivity index (χ4n) is 2.90. The third-order valence-corrected chi connectivity index (χ3v) is 5.21. The van der Waals surface area contributed by atoms with Crippen LogP contribution in [0.5, 0.6) is 0 Å². The summed E-state index contributed by atoms with van der Waals surface area (Å²) >= 11 is 1.53. The van der Waals surface area contributed by atoms with Gasteiger partial charge in [0.15, 0.2) is 0 Å². The van der Waals surface area contributed by atoms with E-state index < -0.39 is 5.91 Å². The van der Waals surface area contributed by atoms with Crippen LogP contribution in [-0.2, 0) is 17.6 Å². The van der Waals surface area contributed by atoms with E-state index in [4.69, 9.17) is 5.73 Å². The van der Waals surface area contributed by atoms with E-state index in [9.17, 15) is 9.59 Å². The number of amides is 2. The van der Waals surface area contributed by atoms with Crippen LogP contribution in [0.2, 0.25) is 0 Å². The van der Waals surface area contributed by atoms with Crippen molar-refractivity contribution in [1.29, 1.82) is 0 Å². The molecule has 1 aromatic rings. The number of nitrogens with two attached hydrogens (primary N) is 1. The fourth-order valence-corrected chi connectivity index (χ4v) is 4.28. The molecule has 0 aliphatic heterocycles. The van der Waals surface area contributed by atoms with Crippen LogP contribution in [0, 0.1) is 11.8 Å². The van der Waals surface area contributed by atoms with Crippen LogP contribution in [0.25, 0.3) is 0 Å². The number of rotatable bonds is 5. The minimum absolute atomic E-state index is 0.0434. The van der Waals surface area contributed by atoms with Gasteiger partial charge in [-0.1, -0.05) is 27.2 Å². The second-order valence-corrected chi connectivity index (χ2v) is 7.34. The largest absolute Gasteiger partial charge is 0.365 e. The average Bonchev–Trinajstić information content (AvgIpc) is 2.73. The maximum Gasteiger partial charge on any atom is 0.251 e. The Balaban J connectivity index is 2.27. The van der Waals surface area contributed by atoms with E-state index in [0.717, 1.165) is 31.2 Å². The molecule has 5 heteroatoms. The Morgan fingerprint density at radius 3 is 2.71 bits per heavy atom. The van der Waals surface area contributed by atoms with Gasteiger partial charge < -0.3 is 11.1 Å². The topological polar surface area (TPSA) is 72.2 Å². The summed E-state index contributed by atoms with van der Waals surface area (Å²) in [5, 5.41) is 3.54. The molecule has 3 N–H and O–H groups in total. The summed E-state index contributed by atoms with van der Waals surface area (Å²) in [6, 6.07) is 0. The highest BCUT2D eigenvalue weighted by Crippen LogP contribution is 2.40. The molecule has 0 fully saturated rings. The van der Waals surface area contributed by atoms with Gasteiger partial charge in [0, 0.05) is 11.3 Å². The summed E-state index contributed by atoms with van der Waals surface area (Å²) in [5.74, 6) is 0.498. The Kier molecular flexibility index (Phi) is 5.04. The maximum atomic E-state index is 12.0. The molecular weight excluding hydrogens is 284 g/mol. The van der Waals surface area contributed by atoms with Crippen molar-refractivity contribution < 1.29 is 9.59 Å². The lowest BCUT2D eigenvalue weighted by atomic mass is 9.85. The maximum absolute atomic E-state index is 12.0. The van der Waals surface area contributed by atoms with Crippen LogP contribution in [0.4, 0.5) is 5.00 Å². The van der Waals surface area contributed by atoms with Crippen molar-refractivity contribution in [3.05, 3.63) is 16.0 Å². The second kappa shape index (κ2) is 6.60. The fraction of sp³-hybridized carbons (Fsp3) is 0.625. The van der Waals surface area contributed by atoms with Gasteiger partial charge in [-0.05, 0) is 36.7 Å². The molecule has 1 aliphatic carbocycles. The first-order valence-corrected chi connectivity index (χ1v) is 8.48. The molecule has 2 amide bonds. The number of carbonyl (C=O) groups is 2. The molecule has 21 heavy (non-hydrogen) atoms. The van der Waals surface area contributed by atoms with Crippen molar-refractivity contribution in [3.8, 4) is 0 Å². The highest BCUT2D eigenvalue weighted by Gasteiger charge is 2.28. The first kappa shape index (κ1) is 16.0. The van der Waals surface area contributed by atoms with E-state index in [1.165, 1.54) is 16.2 Å². The molecule has 1 heterocycles. The monoisotopic (exact) mass is 308 g/mol. The highest BCUT2D eigenvalue weighted by molar-refractivity contribution is 7.17. The van der Waals surface area contributed by atoms with E-state index in [0.29, 0.717) is 28.8 Å². The lowest BCUT2D eigenvalue weighted by Gasteiger charge is -2.20. The molecular formula is C16H24N2O2S. The average molecular weight is 308 g/mol. The van der Waals surface area contributed by atoms with Crippen molar-refractivity contribution in [3.63, 3.8) is 0 Å². The second-order valence-electron chi connectivity index (χ2n) is 6.24. The third-order valence-electron chi connectivity index (χ3n) is 4.04. The zero-order valence-electron chi connectivity index (χ0n) is 13.0. The first-order valence-electron chi connectivity index (χ1n) is 7.66. The lowest BCUT2D eigenvalue weighted by Crippen LogP contribution is -2.20. The van der Waals surface area contributed by atoms with Crippen LogP contribution in [0.15, 0.2) is 0 Å². The summed E-state index contributed by atoms with van der Waals surface area (Å²) in [7, 11) is 0. The number of carbonyl (C=O) groups excluding carboxylic acids is 2. The Labute approximate surface area is 130 Å². The molecule has 2 rings (SSSR count). The van der Waals surface area contributed by atoms with Crippen molar-refractivity contribution in [2.45, 2.75) is 52.9 Å². The van der Waals surface area contributed by atoms with Gasteiger partial charge in [-0.3, -0.25) is 9.59 Å². The Hall–Kier alpha value is -1.36. The van der Waals surface area contributed by atoms with Gasteiger partial charge in [0.2, 0.25) is 5.91 Å². The van der Waals surface area contributed by atoms with Crippen molar-refractivity contribution in [1.82, 2.24) is 0 Å². The van der Waals surface area contributed by atoms with Crippen molar-refractivity contribution in [2.75, 3.05) is 5.32 Å². The number of nitrogens with one attached hydrogen (secondary N) is 1. The molecule has 1 aliphatic rings. The van der Waals surface area contributed by atoms with Crippen LogP contribution in [0.1, 0.15) is 60.8 Å². The Bertz CT molecular complexity index is 549. The third kappa shape index (κ3) is 3.64. The Morgan fingerprint density at radius 1 is 1.43 bits per heavy atom. The summed E-state index contributed by atoms with van der Waals surface area (Å²) in [6.07, 6.45) is 4.59. The summed E-state index contributed by atoms with van der Waals surface area (Å²) in [6.45, 7) is 6.20. The lowest BCUT2D eigenvalue weighted by molar-refractivity contribution is -0.116. The molecule has 0 unspecified atom stereocenters. The standard InChI is InChI=1S/C16H24N2O2S/c1-4-10-5-6-11-12(8-10)21-16(14(11)15(17)20)18-13(19)7-9(2)3/h9-10H,4-8H2,1-3H3,(H2,17,20)(H,18,19)/t10-/m0/s1. The minimum atomic E-state index is -0.428. The predicted octanol–water partition coefficient (Wildman–Crippen LogP) is 3.35. The smallest absolute Gasteiger partial charge is 0.251 e. The summed E-state index contributed by atoms with van der Waals surface area (Å²) in [5.41, 5.74) is 7.15. The molecule has 1 aromatic heterocycles. The number of hydrogen-bond acceptors (Lipinski definition) is 3. The quantitative estimate of drug-likeness (QED) is 0.875. The SMILES string of the molecule is CC[C@H]1CCc2c(sc(NC(=O)CC(C)C)c2C(N)=O)C1. The summed E-state index contributed by atoms with van der Waals surface area (Å²) < 4.78 is 0. The zero-order chi connectivity index (χ0) is 15.6. The minimum Gasteiger partial charge on any atom is -0.365 e. The van der Waals surface area contributed by atoms with Gasteiger partial charge in [0.05, 0.1) is 5.56 Å². The molecule has 0 aromatic carbocycles. The molecule has 0 spiro atoms. The molecule has 116 valence electrons. The molecule has 0 radical (unpaired) electrons. The number of fused-ring (bicyclic) bond motifs is 1. The zero-order valence-corrected chi connectivity index (χ0v) is 13.8. The van der Waals surface area contributed by atoms with E-state index in [1.807, 2.05) is 13.8 Å². The van der Waals surface area contributed by atoms with E-state index in [2.05, 4.69) is 12.2 Å². The number of anilines is 1. The van der Waals surface area contributed by atoms with Gasteiger partial charge in [-0.2, -0.15) is 0 Å². The van der Waals surface area contributed by atoms with E-state index in [1.54, 1.807) is 0 Å². The van der Waals surface area contributed by atoms with E-state index >= 15 is 0 Å². The molecule has 1 atom stereocenters. The number of thiophene rings is 1. The Morgan fingerprint density at radius 2 is 2.14 bits per heavy atom. The molecule has 0 bridgehead atoms. The predicted molar refractivity (Wildman–Crippen MR) is 86.7 cm³/mol. The van der Waals surface area contributed by atoms with Crippen LogP contribution in [-0.4, -0.2) is 11.8 Å². The van der Waals surface area contributed by atoms with Crippen LogP contribution < -0.4 is 11.1 Å².